The molecule has 0 aromatic carbocycles. The second kappa shape index (κ2) is 2.37. The molecule has 0 unspecified atom stereocenters. The van der Waals surface area contributed by atoms with Gasteiger partial charge in [0.1, 0.15) is 5.78 Å². The van der Waals surface area contributed by atoms with Crippen LogP contribution in [-0.2, 0) is 4.79 Å². The zero-order valence-corrected chi connectivity index (χ0v) is 7.11. The van der Waals surface area contributed by atoms with Crippen molar-refractivity contribution in [3.63, 3.8) is 0 Å². The summed E-state index contributed by atoms with van der Waals surface area (Å²) < 4.78 is 0. The molecule has 0 bridgehead atoms. The van der Waals surface area contributed by atoms with Crippen molar-refractivity contribution in [2.24, 2.45) is 11.3 Å². The number of hydrogen-bond donors (Lipinski definition) is 0. The Kier molecular flexibility index (Phi) is 1.84. The lowest BCUT2D eigenvalue weighted by Gasteiger charge is -2.12. The van der Waals surface area contributed by atoms with Crippen molar-refractivity contribution >= 4 is 5.78 Å². The number of hydrogen-bond acceptors (Lipinski definition) is 1. The Balaban J connectivity index is 2.45. The topological polar surface area (TPSA) is 17.1 Å². The summed E-state index contributed by atoms with van der Waals surface area (Å²) in [6.45, 7) is 6.10. The lowest BCUT2D eigenvalue weighted by Crippen LogP contribution is -2.14. The van der Waals surface area contributed by atoms with Crippen LogP contribution in [0.2, 0.25) is 0 Å². The van der Waals surface area contributed by atoms with Gasteiger partial charge in [0.15, 0.2) is 0 Å². The predicted molar refractivity (Wildman–Crippen MR) is 41.8 cm³/mol. The van der Waals surface area contributed by atoms with Crippen LogP contribution >= 0.6 is 0 Å². The Morgan fingerprint density at radius 3 is 2.10 bits per heavy atom. The fraction of sp³-hybridized carbons (Fsp3) is 0.889. The van der Waals surface area contributed by atoms with E-state index in [1.54, 1.807) is 6.92 Å². The lowest BCUT2D eigenvalue weighted by molar-refractivity contribution is -0.122. The van der Waals surface area contributed by atoms with Crippen molar-refractivity contribution in [1.29, 1.82) is 0 Å². The Labute approximate surface area is 62.8 Å². The highest BCUT2D eigenvalue weighted by molar-refractivity contribution is 5.84. The summed E-state index contributed by atoms with van der Waals surface area (Å²) in [6, 6.07) is 0. The molecule has 0 amide bonds. The molecule has 10 heavy (non-hydrogen) atoms. The van der Waals surface area contributed by atoms with Gasteiger partial charge in [0.05, 0.1) is 0 Å². The quantitative estimate of drug-likeness (QED) is 0.588. The average Bonchev–Trinajstić information content (AvgIpc) is 2.46. The molecule has 1 fully saturated rings. The molecule has 0 aromatic rings. The summed E-state index contributed by atoms with van der Waals surface area (Å²) in [5.74, 6) is 1.08. The second-order valence-electron chi connectivity index (χ2n) is 3.93. The van der Waals surface area contributed by atoms with Crippen molar-refractivity contribution in [1.82, 2.24) is 0 Å². The van der Waals surface area contributed by atoms with Crippen molar-refractivity contribution in [2.45, 2.75) is 40.0 Å². The maximum Gasteiger partial charge on any atom is 0.135 e. The molecule has 0 aliphatic heterocycles. The highest BCUT2D eigenvalue weighted by Gasteiger charge is 2.46. The van der Waals surface area contributed by atoms with E-state index in [9.17, 15) is 4.79 Å². The van der Waals surface area contributed by atoms with Gasteiger partial charge in [-0.1, -0.05) is 13.8 Å². The first-order valence-electron chi connectivity index (χ1n) is 4.08. The Morgan fingerprint density at radius 1 is 1.50 bits per heavy atom. The van der Waals surface area contributed by atoms with Crippen molar-refractivity contribution in [3.8, 4) is 0 Å². The number of ketones is 1. The molecule has 0 saturated heterocycles. The van der Waals surface area contributed by atoms with Gasteiger partial charge in [-0.15, -0.1) is 0 Å². The summed E-state index contributed by atoms with van der Waals surface area (Å²) in [5.41, 5.74) is 0.133. The summed E-state index contributed by atoms with van der Waals surface area (Å²) in [6.07, 6.45) is 3.38. The minimum Gasteiger partial charge on any atom is -0.299 e. The zero-order chi connectivity index (χ0) is 7.78. The van der Waals surface area contributed by atoms with E-state index in [1.165, 1.54) is 0 Å². The van der Waals surface area contributed by atoms with Gasteiger partial charge in [-0.3, -0.25) is 4.79 Å². The number of Topliss-reactive ketones (excluding diaryl/α,β-unsaturated/α-hetero) is 1. The molecule has 58 valence electrons. The highest BCUT2D eigenvalue weighted by Crippen LogP contribution is 2.51. The summed E-state index contributed by atoms with van der Waals surface area (Å²) in [7, 11) is 0. The van der Waals surface area contributed by atoms with Crippen LogP contribution in [0.3, 0.4) is 0 Å². The van der Waals surface area contributed by atoms with Crippen LogP contribution in [0.15, 0.2) is 0 Å². The van der Waals surface area contributed by atoms with Crippen LogP contribution in [0.1, 0.15) is 40.0 Å². The summed E-state index contributed by atoms with van der Waals surface area (Å²) in [5, 5.41) is 0. The van der Waals surface area contributed by atoms with Gasteiger partial charge >= 0.3 is 0 Å². The van der Waals surface area contributed by atoms with Gasteiger partial charge in [0.25, 0.3) is 0 Å². The standard InChI is InChI=1S/C9H16O/c1-7(2)6-9(4-5-9)8(3)10/h7H,4-6H2,1-3H3. The van der Waals surface area contributed by atoms with Crippen molar-refractivity contribution in [3.05, 3.63) is 0 Å². The molecule has 0 N–H and O–H groups in total. The van der Waals surface area contributed by atoms with Crippen LogP contribution in [-0.4, -0.2) is 5.78 Å². The van der Waals surface area contributed by atoms with E-state index in [2.05, 4.69) is 13.8 Å². The minimum absolute atomic E-state index is 0.133. The zero-order valence-electron chi connectivity index (χ0n) is 7.11. The Morgan fingerprint density at radius 2 is 2.00 bits per heavy atom. The SMILES string of the molecule is CC(=O)C1(CC(C)C)CC1. The van der Waals surface area contributed by atoms with E-state index in [4.69, 9.17) is 0 Å². The van der Waals surface area contributed by atoms with Crippen LogP contribution in [0.25, 0.3) is 0 Å². The van der Waals surface area contributed by atoms with Crippen molar-refractivity contribution < 1.29 is 4.79 Å². The molecular formula is C9H16O. The largest absolute Gasteiger partial charge is 0.299 e. The predicted octanol–water partition coefficient (Wildman–Crippen LogP) is 2.40. The third-order valence-corrected chi connectivity index (χ3v) is 2.40. The molecule has 1 aliphatic rings. The molecule has 0 heterocycles. The fourth-order valence-corrected chi connectivity index (χ4v) is 1.63. The first kappa shape index (κ1) is 7.77. The molecule has 1 rings (SSSR count). The second-order valence-corrected chi connectivity index (χ2v) is 3.93. The Bertz CT molecular complexity index is 143. The van der Waals surface area contributed by atoms with E-state index in [0.29, 0.717) is 11.7 Å². The van der Waals surface area contributed by atoms with E-state index in [-0.39, 0.29) is 5.41 Å². The van der Waals surface area contributed by atoms with Crippen LogP contribution in [0, 0.1) is 11.3 Å². The maximum atomic E-state index is 11.1. The molecule has 0 atom stereocenters. The normalized spacial score (nSPS) is 21.2. The van der Waals surface area contributed by atoms with E-state index < -0.39 is 0 Å². The van der Waals surface area contributed by atoms with E-state index in [0.717, 1.165) is 19.3 Å². The first-order chi connectivity index (χ1) is 4.57. The van der Waals surface area contributed by atoms with Gasteiger partial charge in [-0.25, -0.2) is 0 Å². The molecular weight excluding hydrogens is 124 g/mol. The van der Waals surface area contributed by atoms with E-state index >= 15 is 0 Å². The smallest absolute Gasteiger partial charge is 0.135 e. The molecule has 1 aliphatic carbocycles. The molecule has 0 aromatic heterocycles. The molecule has 1 saturated carbocycles. The molecule has 1 nitrogen and oxygen atoms in total. The first-order valence-corrected chi connectivity index (χ1v) is 4.08. The highest BCUT2D eigenvalue weighted by atomic mass is 16.1. The number of carbonyl (C=O) groups is 1. The van der Waals surface area contributed by atoms with Crippen LogP contribution < -0.4 is 0 Å². The van der Waals surface area contributed by atoms with Crippen LogP contribution in [0.5, 0.6) is 0 Å². The monoisotopic (exact) mass is 140 g/mol. The van der Waals surface area contributed by atoms with Crippen molar-refractivity contribution in [2.75, 3.05) is 0 Å². The molecule has 0 spiro atoms. The fourth-order valence-electron chi connectivity index (χ4n) is 1.63. The molecule has 0 radical (unpaired) electrons. The Hall–Kier alpha value is -0.330. The lowest BCUT2D eigenvalue weighted by atomic mass is 9.91. The van der Waals surface area contributed by atoms with E-state index in [1.807, 2.05) is 0 Å². The minimum atomic E-state index is 0.133. The van der Waals surface area contributed by atoms with Gasteiger partial charge in [-0.2, -0.15) is 0 Å². The van der Waals surface area contributed by atoms with Gasteiger partial charge in [-0.05, 0) is 32.1 Å². The summed E-state index contributed by atoms with van der Waals surface area (Å²) in [4.78, 5) is 11.1. The number of carbonyl (C=O) groups excluding carboxylic acids is 1. The third-order valence-electron chi connectivity index (χ3n) is 2.40. The average molecular weight is 140 g/mol. The third kappa shape index (κ3) is 1.39. The maximum absolute atomic E-state index is 11.1. The summed E-state index contributed by atoms with van der Waals surface area (Å²) >= 11 is 0. The molecule has 1 heteroatoms. The number of rotatable bonds is 3. The van der Waals surface area contributed by atoms with Gasteiger partial charge < -0.3 is 0 Å². The van der Waals surface area contributed by atoms with Crippen LogP contribution in [0.4, 0.5) is 0 Å². The van der Waals surface area contributed by atoms with Gasteiger partial charge in [0.2, 0.25) is 0 Å². The van der Waals surface area contributed by atoms with Gasteiger partial charge in [0, 0.05) is 5.41 Å².